The maximum Gasteiger partial charge on any atom is 0.269 e. The van der Waals surface area contributed by atoms with Gasteiger partial charge in [0.25, 0.3) is 5.69 Å². The summed E-state index contributed by atoms with van der Waals surface area (Å²) in [5, 5.41) is 10.8. The Hall–Kier alpha value is -1.53. The van der Waals surface area contributed by atoms with Crippen LogP contribution in [-0.2, 0) is 6.42 Å². The standard InChI is InChI=1S/C20H21Br2NO3/c1-2-3-4-5-14-6-8-16(9-7-14)20(24)19(22)18(21)15-10-12-17(13-11-15)23(25)26/h6-13,18-19H,2-5H2,1H3/t18-,19-/m0/s1. The zero-order valence-corrected chi connectivity index (χ0v) is 17.7. The number of aryl methyl sites for hydroxylation is 1. The molecule has 0 aromatic heterocycles. The molecule has 0 amide bonds. The predicted octanol–water partition coefficient (Wildman–Crippen LogP) is 6.41. The molecule has 0 aliphatic heterocycles. The average Bonchev–Trinajstić information content (AvgIpc) is 2.67. The van der Waals surface area contributed by atoms with E-state index in [0.717, 1.165) is 18.4 Å². The van der Waals surface area contributed by atoms with Crippen molar-refractivity contribution in [2.45, 2.75) is 42.3 Å². The summed E-state index contributed by atoms with van der Waals surface area (Å²) in [6.45, 7) is 2.18. The molecule has 26 heavy (non-hydrogen) atoms. The molecular formula is C20H21Br2NO3. The SMILES string of the molecule is CCCCCc1ccc(C(=O)[C@@H](Br)[C@@H](Br)c2ccc([N+](=O)[O-])cc2)cc1. The Kier molecular flexibility index (Phi) is 7.97. The van der Waals surface area contributed by atoms with Crippen molar-refractivity contribution in [3.63, 3.8) is 0 Å². The van der Waals surface area contributed by atoms with Gasteiger partial charge >= 0.3 is 0 Å². The molecule has 0 unspecified atom stereocenters. The van der Waals surface area contributed by atoms with Crippen LogP contribution in [0.15, 0.2) is 48.5 Å². The number of benzene rings is 2. The average molecular weight is 483 g/mol. The molecule has 2 atom stereocenters. The zero-order valence-electron chi connectivity index (χ0n) is 14.5. The minimum atomic E-state index is -0.463. The van der Waals surface area contributed by atoms with Gasteiger partial charge in [0, 0.05) is 17.7 Å². The number of hydrogen-bond acceptors (Lipinski definition) is 3. The van der Waals surface area contributed by atoms with Crippen molar-refractivity contribution in [3.8, 4) is 0 Å². The molecule has 0 saturated carbocycles. The van der Waals surface area contributed by atoms with E-state index >= 15 is 0 Å². The van der Waals surface area contributed by atoms with Gasteiger partial charge in [-0.25, -0.2) is 0 Å². The molecule has 6 heteroatoms. The first-order chi connectivity index (χ1) is 12.4. The summed E-state index contributed by atoms with van der Waals surface area (Å²) in [6.07, 6.45) is 4.60. The lowest BCUT2D eigenvalue weighted by molar-refractivity contribution is -0.384. The zero-order chi connectivity index (χ0) is 19.1. The molecule has 4 nitrogen and oxygen atoms in total. The number of alkyl halides is 2. The lowest BCUT2D eigenvalue weighted by Gasteiger charge is -2.16. The fourth-order valence-corrected chi connectivity index (χ4v) is 3.77. The molecule has 0 N–H and O–H groups in total. The van der Waals surface area contributed by atoms with Crippen LogP contribution in [0, 0.1) is 10.1 Å². The number of carbonyl (C=O) groups is 1. The first-order valence-electron chi connectivity index (χ1n) is 8.59. The molecule has 0 fully saturated rings. The largest absolute Gasteiger partial charge is 0.293 e. The van der Waals surface area contributed by atoms with Crippen LogP contribution in [-0.4, -0.2) is 15.5 Å². The Morgan fingerprint density at radius 2 is 1.65 bits per heavy atom. The number of unbranched alkanes of at least 4 members (excludes halogenated alkanes) is 2. The maximum atomic E-state index is 12.7. The highest BCUT2D eigenvalue weighted by Crippen LogP contribution is 2.34. The number of rotatable bonds is 9. The van der Waals surface area contributed by atoms with E-state index < -0.39 is 9.75 Å². The van der Waals surface area contributed by atoms with E-state index in [0.29, 0.717) is 5.56 Å². The van der Waals surface area contributed by atoms with Crippen molar-refractivity contribution < 1.29 is 9.72 Å². The highest BCUT2D eigenvalue weighted by Gasteiger charge is 2.26. The van der Waals surface area contributed by atoms with Gasteiger partial charge in [-0.1, -0.05) is 88.0 Å². The minimum absolute atomic E-state index is 0.0228. The summed E-state index contributed by atoms with van der Waals surface area (Å²) < 4.78 is 0. The quantitative estimate of drug-likeness (QED) is 0.136. The third kappa shape index (κ3) is 5.48. The third-order valence-corrected chi connectivity index (χ3v) is 6.95. The molecule has 0 heterocycles. The molecule has 0 bridgehead atoms. The Morgan fingerprint density at radius 3 is 2.19 bits per heavy atom. The van der Waals surface area contributed by atoms with Crippen LogP contribution in [0.3, 0.4) is 0 Å². The molecular weight excluding hydrogens is 462 g/mol. The van der Waals surface area contributed by atoms with Gasteiger partial charge in [0.1, 0.15) is 0 Å². The summed E-state index contributed by atoms with van der Waals surface area (Å²) >= 11 is 7.00. The second-order valence-electron chi connectivity index (χ2n) is 6.17. The molecule has 138 valence electrons. The van der Waals surface area contributed by atoms with Crippen LogP contribution in [0.25, 0.3) is 0 Å². The number of nitro benzene ring substituents is 1. The highest BCUT2D eigenvalue weighted by atomic mass is 79.9. The number of non-ortho nitro benzene ring substituents is 1. The van der Waals surface area contributed by atoms with Crippen molar-refractivity contribution in [1.29, 1.82) is 0 Å². The summed E-state index contributed by atoms with van der Waals surface area (Å²) in [7, 11) is 0. The molecule has 0 aliphatic rings. The van der Waals surface area contributed by atoms with Gasteiger partial charge in [-0.15, -0.1) is 0 Å². The minimum Gasteiger partial charge on any atom is -0.293 e. The summed E-state index contributed by atoms with van der Waals surface area (Å²) in [4.78, 5) is 22.3. The Balaban J connectivity index is 2.04. The monoisotopic (exact) mass is 481 g/mol. The fraction of sp³-hybridized carbons (Fsp3) is 0.350. The number of nitrogens with zero attached hydrogens (tertiary/aromatic N) is 1. The Labute approximate surface area is 170 Å². The van der Waals surface area contributed by atoms with Gasteiger partial charge in [0.15, 0.2) is 5.78 Å². The number of halogens is 2. The second kappa shape index (κ2) is 9.97. The first kappa shape index (κ1) is 20.8. The fourth-order valence-electron chi connectivity index (χ4n) is 2.66. The topological polar surface area (TPSA) is 60.2 Å². The van der Waals surface area contributed by atoms with Crippen LogP contribution in [0.2, 0.25) is 0 Å². The number of carbonyl (C=O) groups excluding carboxylic acids is 1. The van der Waals surface area contributed by atoms with E-state index in [9.17, 15) is 14.9 Å². The second-order valence-corrected chi connectivity index (χ2v) is 8.14. The molecule has 0 spiro atoms. The van der Waals surface area contributed by atoms with Crippen molar-refractivity contribution in [3.05, 3.63) is 75.3 Å². The molecule has 0 saturated heterocycles. The molecule has 2 aromatic rings. The number of ketones is 1. The van der Waals surface area contributed by atoms with Crippen molar-refractivity contribution in [1.82, 2.24) is 0 Å². The van der Waals surface area contributed by atoms with Gasteiger partial charge in [-0.3, -0.25) is 14.9 Å². The van der Waals surface area contributed by atoms with Crippen LogP contribution in [0.4, 0.5) is 5.69 Å². The van der Waals surface area contributed by atoms with Crippen LogP contribution in [0.1, 0.15) is 52.5 Å². The normalized spacial score (nSPS) is 13.2. The maximum absolute atomic E-state index is 12.7. The van der Waals surface area contributed by atoms with Gasteiger partial charge in [-0.2, -0.15) is 0 Å². The summed E-state index contributed by atoms with van der Waals surface area (Å²) in [5.41, 5.74) is 2.73. The molecule has 0 aliphatic carbocycles. The first-order valence-corrected chi connectivity index (χ1v) is 10.4. The van der Waals surface area contributed by atoms with Gasteiger partial charge in [0.05, 0.1) is 14.6 Å². The van der Waals surface area contributed by atoms with Crippen molar-refractivity contribution in [2.75, 3.05) is 0 Å². The third-order valence-electron chi connectivity index (χ3n) is 4.24. The van der Waals surface area contributed by atoms with Crippen LogP contribution in [0.5, 0.6) is 0 Å². The molecule has 2 aromatic carbocycles. The predicted molar refractivity (Wildman–Crippen MR) is 111 cm³/mol. The highest BCUT2D eigenvalue weighted by molar-refractivity contribution is 9.12. The number of Topliss-reactive ketones (excluding diaryl/α,β-unsaturated/α-hetero) is 1. The van der Waals surface area contributed by atoms with E-state index in [-0.39, 0.29) is 16.3 Å². The van der Waals surface area contributed by atoms with E-state index in [1.807, 2.05) is 24.3 Å². The van der Waals surface area contributed by atoms with Gasteiger partial charge < -0.3 is 0 Å². The van der Waals surface area contributed by atoms with Gasteiger partial charge in [-0.05, 0) is 24.0 Å². The van der Waals surface area contributed by atoms with Crippen molar-refractivity contribution in [2.24, 2.45) is 0 Å². The van der Waals surface area contributed by atoms with E-state index in [2.05, 4.69) is 38.8 Å². The smallest absolute Gasteiger partial charge is 0.269 e. The van der Waals surface area contributed by atoms with E-state index in [1.165, 1.54) is 30.5 Å². The van der Waals surface area contributed by atoms with Gasteiger partial charge in [0.2, 0.25) is 0 Å². The Bertz CT molecular complexity index is 745. The van der Waals surface area contributed by atoms with E-state index in [1.54, 1.807) is 12.1 Å². The summed E-state index contributed by atoms with van der Waals surface area (Å²) in [5.74, 6) is -0.0228. The van der Waals surface area contributed by atoms with Crippen LogP contribution >= 0.6 is 31.9 Å². The van der Waals surface area contributed by atoms with E-state index in [4.69, 9.17) is 0 Å². The summed E-state index contributed by atoms with van der Waals surface area (Å²) in [6, 6.07) is 14.0. The molecule has 2 rings (SSSR count). The lowest BCUT2D eigenvalue weighted by atomic mass is 10.00. The number of hydrogen-bond donors (Lipinski definition) is 0. The van der Waals surface area contributed by atoms with Crippen molar-refractivity contribution >= 4 is 43.3 Å². The van der Waals surface area contributed by atoms with Crippen LogP contribution < -0.4 is 0 Å². The Morgan fingerprint density at radius 1 is 1.04 bits per heavy atom. The number of nitro groups is 1. The molecule has 0 radical (unpaired) electrons. The lowest BCUT2D eigenvalue weighted by Crippen LogP contribution is -2.19.